The molecule has 3 N–H and O–H groups in total. The molecule has 0 rings (SSSR count). The van der Waals surface area contributed by atoms with Crippen LogP contribution < -0.4 is 4.89 Å². The quantitative estimate of drug-likeness (QED) is 0.328. The normalized spacial score (nSPS) is 16.2. The van der Waals surface area contributed by atoms with Gasteiger partial charge in [-0.15, -0.1) is 0 Å². The molecule has 0 spiro atoms. The third kappa shape index (κ3) is 4.85. The first kappa shape index (κ1) is 10.5. The Bertz CT molecular complexity index is 193. The van der Waals surface area contributed by atoms with Gasteiger partial charge in [0.2, 0.25) is 0 Å². The Morgan fingerprint density at radius 1 is 1.55 bits per heavy atom. The summed E-state index contributed by atoms with van der Waals surface area (Å²) in [4.78, 5) is 9.82. The summed E-state index contributed by atoms with van der Waals surface area (Å²) in [6.07, 6.45) is -2.94. The zero-order valence-corrected chi connectivity index (χ0v) is 6.36. The first-order valence-electron chi connectivity index (χ1n) is 2.70. The van der Waals surface area contributed by atoms with Gasteiger partial charge in [-0.2, -0.15) is 0 Å². The maximum atomic E-state index is 9.82. The molecule has 0 bridgehead atoms. The fourth-order valence-electron chi connectivity index (χ4n) is 0.315. The van der Waals surface area contributed by atoms with E-state index < -0.39 is 26.8 Å². The molecule has 0 fully saturated rings. The van der Waals surface area contributed by atoms with Crippen molar-refractivity contribution < 1.29 is 24.8 Å². The molecule has 11 heavy (non-hydrogen) atoms. The lowest BCUT2D eigenvalue weighted by atomic mass is 10.2. The highest BCUT2D eigenvalue weighted by molar-refractivity contribution is 7.42. The molecule has 5 nitrogen and oxygen atoms in total. The zero-order chi connectivity index (χ0) is 8.85. The number of aliphatic hydroxyl groups is 3. The van der Waals surface area contributed by atoms with E-state index in [2.05, 4.69) is 0 Å². The standard InChI is InChI=1S/C5H7O5P/c6-3-5(8)4(7)1-2-11(9)10/h4-8H,3H2. The number of aliphatic hydroxyl groups excluding tert-OH is 3. The first-order chi connectivity index (χ1) is 5.07. The predicted octanol–water partition coefficient (Wildman–Crippen LogP) is -2.24. The molecule has 0 radical (unpaired) electrons. The molecule has 0 saturated carbocycles. The fourth-order valence-corrected chi connectivity index (χ4v) is 0.553. The van der Waals surface area contributed by atoms with Gasteiger partial charge < -0.3 is 20.2 Å². The SMILES string of the molecule is O=[P+]([O-])C#CC(O)C(O)CO. The van der Waals surface area contributed by atoms with Crippen LogP contribution in [-0.2, 0) is 4.57 Å². The average molecular weight is 178 g/mol. The summed E-state index contributed by atoms with van der Waals surface area (Å²) in [6, 6.07) is 0. The lowest BCUT2D eigenvalue weighted by Crippen LogP contribution is -2.27. The van der Waals surface area contributed by atoms with Crippen LogP contribution in [0, 0.1) is 11.6 Å². The van der Waals surface area contributed by atoms with Gasteiger partial charge in [-0.1, -0.05) is 4.57 Å². The molecule has 6 heteroatoms. The van der Waals surface area contributed by atoms with Gasteiger partial charge >= 0.3 is 8.03 Å². The third-order valence-corrected chi connectivity index (χ3v) is 1.17. The molecule has 3 unspecified atom stereocenters. The van der Waals surface area contributed by atoms with Crippen LogP contribution in [0.5, 0.6) is 0 Å². The Balaban J connectivity index is 3.98. The molecule has 0 heterocycles. The highest BCUT2D eigenvalue weighted by Crippen LogP contribution is 2.01. The van der Waals surface area contributed by atoms with Crippen molar-refractivity contribution in [2.24, 2.45) is 0 Å². The van der Waals surface area contributed by atoms with Crippen molar-refractivity contribution >= 4 is 8.03 Å². The monoisotopic (exact) mass is 178 g/mol. The molecule has 0 amide bonds. The number of hydrogen-bond acceptors (Lipinski definition) is 5. The van der Waals surface area contributed by atoms with E-state index in [0.717, 1.165) is 0 Å². The second-order valence-electron chi connectivity index (χ2n) is 1.71. The van der Waals surface area contributed by atoms with Gasteiger partial charge in [-0.25, -0.2) is 0 Å². The van der Waals surface area contributed by atoms with Crippen LogP contribution in [0.15, 0.2) is 0 Å². The molecule has 0 saturated heterocycles. The second-order valence-corrected chi connectivity index (χ2v) is 2.45. The van der Waals surface area contributed by atoms with Crippen LogP contribution in [0.4, 0.5) is 0 Å². The van der Waals surface area contributed by atoms with Crippen molar-refractivity contribution in [2.45, 2.75) is 12.2 Å². The van der Waals surface area contributed by atoms with Gasteiger partial charge in [-0.3, -0.25) is 0 Å². The van der Waals surface area contributed by atoms with E-state index in [1.165, 1.54) is 0 Å². The predicted molar refractivity (Wildman–Crippen MR) is 34.5 cm³/mol. The van der Waals surface area contributed by atoms with E-state index in [0.29, 0.717) is 0 Å². The van der Waals surface area contributed by atoms with Crippen molar-refractivity contribution in [2.75, 3.05) is 6.61 Å². The molecule has 3 atom stereocenters. The minimum atomic E-state index is -2.88. The minimum absolute atomic E-state index is 0.661. The highest BCUT2D eigenvalue weighted by Gasteiger charge is 2.12. The molecular formula is C5H7O5P. The van der Waals surface area contributed by atoms with Gasteiger partial charge in [0.1, 0.15) is 12.2 Å². The first-order valence-corrected chi connectivity index (χ1v) is 3.88. The molecule has 0 aromatic rings. The van der Waals surface area contributed by atoms with Crippen LogP contribution in [0.2, 0.25) is 0 Å². The fraction of sp³-hybridized carbons (Fsp3) is 0.600. The average Bonchev–Trinajstić information content (AvgIpc) is 1.98. The van der Waals surface area contributed by atoms with Crippen LogP contribution in [0.1, 0.15) is 0 Å². The molecule has 62 valence electrons. The molecule has 0 aliphatic carbocycles. The Kier molecular flexibility index (Phi) is 4.95. The summed E-state index contributed by atoms with van der Waals surface area (Å²) in [6.45, 7) is -0.661. The second kappa shape index (κ2) is 5.19. The van der Waals surface area contributed by atoms with Gasteiger partial charge in [0.15, 0.2) is 5.66 Å². The third-order valence-electron chi connectivity index (χ3n) is 0.855. The molecule has 0 aromatic carbocycles. The summed E-state index contributed by atoms with van der Waals surface area (Å²) in [5.74, 6) is 1.83. The van der Waals surface area contributed by atoms with Crippen LogP contribution in [0.3, 0.4) is 0 Å². The summed E-state index contributed by atoms with van der Waals surface area (Å²) in [5.41, 5.74) is 1.64. The lowest BCUT2D eigenvalue weighted by molar-refractivity contribution is -0.160. The van der Waals surface area contributed by atoms with Crippen molar-refractivity contribution in [3.8, 4) is 11.6 Å². The van der Waals surface area contributed by atoms with E-state index in [4.69, 9.17) is 15.3 Å². The van der Waals surface area contributed by atoms with Gasteiger partial charge in [0.05, 0.1) is 6.61 Å². The minimum Gasteiger partial charge on any atom is -0.583 e. The van der Waals surface area contributed by atoms with E-state index in [1.54, 1.807) is 5.66 Å². The largest absolute Gasteiger partial charge is 0.583 e. The maximum Gasteiger partial charge on any atom is 0.403 e. The van der Waals surface area contributed by atoms with Gasteiger partial charge in [-0.05, 0) is 5.92 Å². The van der Waals surface area contributed by atoms with Crippen LogP contribution >= 0.6 is 8.03 Å². The summed E-state index contributed by atoms with van der Waals surface area (Å²) in [7, 11) is -2.88. The summed E-state index contributed by atoms with van der Waals surface area (Å²) < 4.78 is 9.82. The molecular weight excluding hydrogens is 171 g/mol. The van der Waals surface area contributed by atoms with Crippen LogP contribution in [-0.4, -0.2) is 34.1 Å². The van der Waals surface area contributed by atoms with Crippen molar-refractivity contribution in [3.05, 3.63) is 0 Å². The van der Waals surface area contributed by atoms with E-state index in [-0.39, 0.29) is 0 Å². The van der Waals surface area contributed by atoms with Crippen molar-refractivity contribution in [1.82, 2.24) is 0 Å². The topological polar surface area (TPSA) is 101 Å². The van der Waals surface area contributed by atoms with Gasteiger partial charge in [0, 0.05) is 0 Å². The van der Waals surface area contributed by atoms with Crippen molar-refractivity contribution in [3.63, 3.8) is 0 Å². The van der Waals surface area contributed by atoms with E-state index in [1.807, 2.05) is 5.92 Å². The zero-order valence-electron chi connectivity index (χ0n) is 5.47. The van der Waals surface area contributed by atoms with E-state index >= 15 is 0 Å². The summed E-state index contributed by atoms with van der Waals surface area (Å²) in [5, 5.41) is 25.6. The Hall–Kier alpha value is -0.500. The Morgan fingerprint density at radius 3 is 2.45 bits per heavy atom. The number of hydrogen-bond donors (Lipinski definition) is 3. The summed E-state index contributed by atoms with van der Waals surface area (Å²) >= 11 is 0. The Labute approximate surface area is 64.2 Å². The number of rotatable bonds is 2. The molecule has 0 aromatic heterocycles. The highest BCUT2D eigenvalue weighted by atomic mass is 31.1. The molecule has 0 aliphatic rings. The smallest absolute Gasteiger partial charge is 0.403 e. The Morgan fingerprint density at radius 2 is 2.09 bits per heavy atom. The lowest BCUT2D eigenvalue weighted by Gasteiger charge is -2.06. The van der Waals surface area contributed by atoms with Gasteiger partial charge in [0.25, 0.3) is 0 Å². The van der Waals surface area contributed by atoms with Crippen LogP contribution in [0.25, 0.3) is 0 Å². The maximum absolute atomic E-state index is 9.82. The van der Waals surface area contributed by atoms with Crippen molar-refractivity contribution in [1.29, 1.82) is 0 Å². The van der Waals surface area contributed by atoms with E-state index in [9.17, 15) is 9.46 Å². The molecule has 0 aliphatic heterocycles.